The van der Waals surface area contributed by atoms with Crippen molar-refractivity contribution in [1.82, 2.24) is 20.4 Å². The topological polar surface area (TPSA) is 92.9 Å². The number of aromatic nitrogens is 2. The number of nitrogens with one attached hydrogen (secondary N) is 1. The van der Waals surface area contributed by atoms with E-state index in [1.165, 1.54) is 0 Å². The largest absolute Gasteiger partial charge is 0.466 e. The van der Waals surface area contributed by atoms with Gasteiger partial charge in [-0.25, -0.2) is 4.99 Å². The van der Waals surface area contributed by atoms with Crippen molar-refractivity contribution in [2.45, 2.75) is 40.2 Å². The number of esters is 1. The number of aryl methyl sites for hydroxylation is 1. The molecule has 0 atom stereocenters. The summed E-state index contributed by atoms with van der Waals surface area (Å²) in [5.41, 5.74) is 0. The Morgan fingerprint density at radius 3 is 2.67 bits per heavy atom. The van der Waals surface area contributed by atoms with Crippen molar-refractivity contribution < 1.29 is 14.1 Å². The molecule has 0 radical (unpaired) electrons. The number of ether oxygens (including phenoxy) is 1. The van der Waals surface area contributed by atoms with Gasteiger partial charge in [0.15, 0.2) is 11.8 Å². The molecule has 8 nitrogen and oxygen atoms in total. The molecule has 1 aromatic heterocycles. The van der Waals surface area contributed by atoms with Crippen LogP contribution in [0, 0.1) is 12.8 Å². The molecule has 1 saturated heterocycles. The van der Waals surface area contributed by atoms with Crippen molar-refractivity contribution in [3.63, 3.8) is 0 Å². The number of carbonyl (C=O) groups is 1. The number of nitrogens with zero attached hydrogens (tertiary/aromatic N) is 4. The number of carbonyl (C=O) groups excluding carboxylic acids is 1. The van der Waals surface area contributed by atoms with Crippen molar-refractivity contribution in [3.05, 3.63) is 11.7 Å². The Hall–Kier alpha value is -1.39. The highest BCUT2D eigenvalue weighted by molar-refractivity contribution is 14.0. The fourth-order valence-corrected chi connectivity index (χ4v) is 2.56. The van der Waals surface area contributed by atoms with Crippen molar-refractivity contribution in [1.29, 1.82) is 0 Å². The van der Waals surface area contributed by atoms with Gasteiger partial charge in [-0.1, -0.05) is 5.16 Å². The average Bonchev–Trinajstić information content (AvgIpc) is 2.97. The van der Waals surface area contributed by atoms with E-state index in [1.807, 2.05) is 13.8 Å². The standard InChI is InChI=1S/C15H25N5O3.HI/c1-4-16-15(17-10-13-18-11(3)19-23-13)20-8-6-12(7-9-20)14(21)22-5-2;/h12H,4-10H2,1-3H3,(H,16,17);1H. The van der Waals surface area contributed by atoms with Crippen molar-refractivity contribution >= 4 is 35.9 Å². The van der Waals surface area contributed by atoms with Crippen LogP contribution in [0.15, 0.2) is 9.52 Å². The molecular weight excluding hydrogens is 425 g/mol. The number of aliphatic imine (C=N–C) groups is 1. The van der Waals surface area contributed by atoms with Crippen molar-refractivity contribution in [3.8, 4) is 0 Å². The number of halogens is 1. The second-order valence-electron chi connectivity index (χ2n) is 5.42. The Balaban J connectivity index is 0.00000288. The summed E-state index contributed by atoms with van der Waals surface area (Å²) in [5.74, 6) is 1.82. The zero-order valence-corrected chi connectivity index (χ0v) is 16.8. The van der Waals surface area contributed by atoms with Crippen LogP contribution in [0.25, 0.3) is 0 Å². The maximum atomic E-state index is 11.8. The van der Waals surface area contributed by atoms with Gasteiger partial charge in [-0.05, 0) is 33.6 Å². The number of piperidine rings is 1. The molecule has 0 spiro atoms. The van der Waals surface area contributed by atoms with Crippen LogP contribution in [0.1, 0.15) is 38.4 Å². The van der Waals surface area contributed by atoms with Crippen LogP contribution in [-0.4, -0.2) is 53.2 Å². The SMILES string of the molecule is CCNC(=NCc1nc(C)no1)N1CCC(C(=O)OCC)CC1.I. The first-order valence-electron chi connectivity index (χ1n) is 8.13. The minimum absolute atomic E-state index is 0. The summed E-state index contributed by atoms with van der Waals surface area (Å²) in [5, 5.41) is 7.03. The molecule has 1 fully saturated rings. The van der Waals surface area contributed by atoms with Gasteiger partial charge in [0.1, 0.15) is 6.54 Å². The Bertz CT molecular complexity index is 541. The number of guanidine groups is 1. The molecule has 24 heavy (non-hydrogen) atoms. The fraction of sp³-hybridized carbons (Fsp3) is 0.733. The normalized spacial score (nSPS) is 15.8. The lowest BCUT2D eigenvalue weighted by atomic mass is 9.97. The summed E-state index contributed by atoms with van der Waals surface area (Å²) >= 11 is 0. The van der Waals surface area contributed by atoms with Crippen molar-refractivity contribution in [2.75, 3.05) is 26.2 Å². The lowest BCUT2D eigenvalue weighted by molar-refractivity contribution is -0.149. The molecule has 2 heterocycles. The molecule has 2 rings (SSSR count). The summed E-state index contributed by atoms with van der Waals surface area (Å²) in [6.07, 6.45) is 1.56. The van der Waals surface area contributed by atoms with E-state index in [1.54, 1.807) is 6.92 Å². The van der Waals surface area contributed by atoms with Crippen LogP contribution in [0.3, 0.4) is 0 Å². The van der Waals surface area contributed by atoms with Crippen molar-refractivity contribution in [2.24, 2.45) is 10.9 Å². The Labute approximate surface area is 159 Å². The number of rotatable bonds is 5. The fourth-order valence-electron chi connectivity index (χ4n) is 2.56. The number of hydrogen-bond acceptors (Lipinski definition) is 6. The van der Waals surface area contributed by atoms with Crippen LogP contribution >= 0.6 is 24.0 Å². The third-order valence-corrected chi connectivity index (χ3v) is 3.68. The molecule has 1 aliphatic rings. The number of hydrogen-bond donors (Lipinski definition) is 1. The average molecular weight is 451 g/mol. The first-order valence-corrected chi connectivity index (χ1v) is 8.13. The maximum absolute atomic E-state index is 11.8. The van der Waals surface area contributed by atoms with Crippen LogP contribution in [0.4, 0.5) is 0 Å². The minimum atomic E-state index is -0.0876. The molecule has 136 valence electrons. The van der Waals surface area contributed by atoms with Crippen LogP contribution < -0.4 is 5.32 Å². The molecule has 0 amide bonds. The third-order valence-electron chi connectivity index (χ3n) is 3.68. The van der Waals surface area contributed by atoms with E-state index in [4.69, 9.17) is 9.26 Å². The molecule has 0 aliphatic carbocycles. The summed E-state index contributed by atoms with van der Waals surface area (Å²) < 4.78 is 10.2. The second-order valence-corrected chi connectivity index (χ2v) is 5.42. The van der Waals surface area contributed by atoms with Gasteiger partial charge >= 0.3 is 5.97 Å². The van der Waals surface area contributed by atoms with Gasteiger partial charge in [-0.3, -0.25) is 4.79 Å². The number of likely N-dealkylation sites (tertiary alicyclic amines) is 1. The molecule has 0 bridgehead atoms. The van der Waals surface area contributed by atoms with Gasteiger partial charge in [0, 0.05) is 19.6 Å². The molecule has 1 N–H and O–H groups in total. The molecule has 0 saturated carbocycles. The zero-order chi connectivity index (χ0) is 16.7. The van der Waals surface area contributed by atoms with E-state index in [9.17, 15) is 4.79 Å². The zero-order valence-electron chi connectivity index (χ0n) is 14.4. The molecular formula is C15H26IN5O3. The summed E-state index contributed by atoms with van der Waals surface area (Å²) in [7, 11) is 0. The third kappa shape index (κ3) is 5.91. The second kappa shape index (κ2) is 10.5. The molecule has 1 aromatic rings. The Kier molecular flexibility index (Phi) is 9.01. The lowest BCUT2D eigenvalue weighted by Crippen LogP contribution is -2.46. The van der Waals surface area contributed by atoms with Gasteiger partial charge in [0.05, 0.1) is 12.5 Å². The summed E-state index contributed by atoms with van der Waals surface area (Å²) in [6.45, 7) is 8.76. The van der Waals surface area contributed by atoms with E-state index in [-0.39, 0.29) is 35.9 Å². The van der Waals surface area contributed by atoms with Gasteiger partial charge < -0.3 is 19.5 Å². The highest BCUT2D eigenvalue weighted by Crippen LogP contribution is 2.19. The van der Waals surface area contributed by atoms with Crippen LogP contribution in [0.5, 0.6) is 0 Å². The molecule has 1 aliphatic heterocycles. The van der Waals surface area contributed by atoms with E-state index >= 15 is 0 Å². The van der Waals surface area contributed by atoms with E-state index in [2.05, 4.69) is 25.3 Å². The van der Waals surface area contributed by atoms with Crippen LogP contribution in [-0.2, 0) is 16.1 Å². The van der Waals surface area contributed by atoms with Gasteiger partial charge in [-0.15, -0.1) is 24.0 Å². The van der Waals surface area contributed by atoms with E-state index in [0.717, 1.165) is 38.4 Å². The summed E-state index contributed by atoms with van der Waals surface area (Å²) in [6, 6.07) is 0. The highest BCUT2D eigenvalue weighted by Gasteiger charge is 2.27. The molecule has 9 heteroatoms. The maximum Gasteiger partial charge on any atom is 0.309 e. The smallest absolute Gasteiger partial charge is 0.309 e. The van der Waals surface area contributed by atoms with Gasteiger partial charge in [0.2, 0.25) is 5.89 Å². The molecule has 0 aromatic carbocycles. The van der Waals surface area contributed by atoms with E-state index < -0.39 is 0 Å². The van der Waals surface area contributed by atoms with Gasteiger partial charge in [-0.2, -0.15) is 4.98 Å². The minimum Gasteiger partial charge on any atom is -0.466 e. The first kappa shape index (κ1) is 20.7. The monoisotopic (exact) mass is 451 g/mol. The van der Waals surface area contributed by atoms with E-state index in [0.29, 0.717) is 24.9 Å². The quantitative estimate of drug-likeness (QED) is 0.316. The first-order chi connectivity index (χ1) is 11.1. The lowest BCUT2D eigenvalue weighted by Gasteiger charge is -2.33. The van der Waals surface area contributed by atoms with Gasteiger partial charge in [0.25, 0.3) is 0 Å². The Morgan fingerprint density at radius 1 is 1.42 bits per heavy atom. The predicted octanol–water partition coefficient (Wildman–Crippen LogP) is 1.74. The summed E-state index contributed by atoms with van der Waals surface area (Å²) in [4.78, 5) is 22.7. The highest BCUT2D eigenvalue weighted by atomic mass is 127. The van der Waals surface area contributed by atoms with Crippen LogP contribution in [0.2, 0.25) is 0 Å². The predicted molar refractivity (Wildman–Crippen MR) is 100 cm³/mol. The Morgan fingerprint density at radius 2 is 2.12 bits per heavy atom. The molecule has 0 unspecified atom stereocenters.